The van der Waals surface area contributed by atoms with Crippen LogP contribution in [0.1, 0.15) is 11.1 Å². The highest BCUT2D eigenvalue weighted by Gasteiger charge is 1.94. The van der Waals surface area contributed by atoms with Crippen LogP contribution >= 0.6 is 24.8 Å². The van der Waals surface area contributed by atoms with Crippen LogP contribution in [0, 0.1) is 0 Å². The molecule has 2 aromatic rings. The number of pyridine rings is 2. The van der Waals surface area contributed by atoms with E-state index in [9.17, 15) is 9.59 Å². The monoisotopic (exact) mass is 303 g/mol. The second-order valence-corrected chi connectivity index (χ2v) is 3.73. The molecule has 2 aromatic heterocycles. The highest BCUT2D eigenvalue weighted by Crippen LogP contribution is 1.95. The van der Waals surface area contributed by atoms with E-state index in [0.717, 1.165) is 11.1 Å². The van der Waals surface area contributed by atoms with Crippen molar-refractivity contribution in [1.29, 1.82) is 0 Å². The maximum absolute atomic E-state index is 10.8. The molecule has 0 unspecified atom stereocenters. The van der Waals surface area contributed by atoms with E-state index < -0.39 is 0 Å². The van der Waals surface area contributed by atoms with E-state index in [2.05, 4.69) is 15.3 Å². The first kappa shape index (κ1) is 17.4. The van der Waals surface area contributed by atoms with Gasteiger partial charge < -0.3 is 15.3 Å². The van der Waals surface area contributed by atoms with E-state index in [-0.39, 0.29) is 35.9 Å². The van der Waals surface area contributed by atoms with Crippen molar-refractivity contribution in [3.63, 3.8) is 0 Å². The standard InChI is InChI=1S/C12H13N3O2.2ClH/c16-11-3-1-9(7-14-11)5-13-6-10-2-4-12(17)15-8-10;;/h1-4,7-8,13H,5-6H2,(H,14,16)(H,15,17);2*1H. The van der Waals surface area contributed by atoms with E-state index in [0.29, 0.717) is 13.1 Å². The Labute approximate surface area is 122 Å². The van der Waals surface area contributed by atoms with Crippen LogP contribution < -0.4 is 16.4 Å². The first-order chi connectivity index (χ1) is 8.24. The molecule has 0 saturated carbocycles. The van der Waals surface area contributed by atoms with Crippen molar-refractivity contribution in [2.24, 2.45) is 0 Å². The lowest BCUT2D eigenvalue weighted by molar-refractivity contribution is 0.688. The Hall–Kier alpha value is -1.56. The first-order valence-corrected chi connectivity index (χ1v) is 5.30. The number of H-pyrrole nitrogens is 2. The van der Waals surface area contributed by atoms with Gasteiger partial charge in [-0.15, -0.1) is 24.8 Å². The topological polar surface area (TPSA) is 77.8 Å². The average molecular weight is 304 g/mol. The van der Waals surface area contributed by atoms with Crippen molar-refractivity contribution in [2.75, 3.05) is 0 Å². The fourth-order valence-electron chi connectivity index (χ4n) is 1.46. The summed E-state index contributed by atoms with van der Waals surface area (Å²) in [6.45, 7) is 1.33. The second kappa shape index (κ2) is 8.53. The molecule has 0 atom stereocenters. The molecule has 104 valence electrons. The molecule has 0 radical (unpaired) electrons. The number of nitrogens with one attached hydrogen (secondary N) is 3. The van der Waals surface area contributed by atoms with Crippen molar-refractivity contribution in [3.8, 4) is 0 Å². The molecular formula is C12H15Cl2N3O2. The van der Waals surface area contributed by atoms with Crippen molar-refractivity contribution < 1.29 is 0 Å². The molecule has 0 fully saturated rings. The number of rotatable bonds is 4. The van der Waals surface area contributed by atoms with Gasteiger partial charge in [-0.05, 0) is 11.1 Å². The third-order valence-corrected chi connectivity index (χ3v) is 2.36. The van der Waals surface area contributed by atoms with Gasteiger partial charge in [0.1, 0.15) is 0 Å². The highest BCUT2D eigenvalue weighted by molar-refractivity contribution is 5.85. The minimum atomic E-state index is -0.102. The van der Waals surface area contributed by atoms with Crippen LogP contribution in [0.5, 0.6) is 0 Å². The summed E-state index contributed by atoms with van der Waals surface area (Å²) in [6, 6.07) is 6.55. The Morgan fingerprint density at radius 1 is 0.789 bits per heavy atom. The summed E-state index contributed by atoms with van der Waals surface area (Å²) in [4.78, 5) is 26.9. The predicted octanol–water partition coefficient (Wildman–Crippen LogP) is 1.20. The molecule has 2 heterocycles. The van der Waals surface area contributed by atoms with Gasteiger partial charge in [-0.25, -0.2) is 0 Å². The van der Waals surface area contributed by atoms with Gasteiger partial charge in [-0.3, -0.25) is 9.59 Å². The zero-order valence-electron chi connectivity index (χ0n) is 10.0. The van der Waals surface area contributed by atoms with Gasteiger partial charge in [-0.1, -0.05) is 12.1 Å². The molecule has 0 bridgehead atoms. The van der Waals surface area contributed by atoms with Crippen LogP contribution in [0.4, 0.5) is 0 Å². The maximum atomic E-state index is 10.8. The van der Waals surface area contributed by atoms with Crippen molar-refractivity contribution in [1.82, 2.24) is 15.3 Å². The van der Waals surface area contributed by atoms with Crippen molar-refractivity contribution in [3.05, 3.63) is 68.5 Å². The highest BCUT2D eigenvalue weighted by atomic mass is 35.5. The number of halogens is 2. The van der Waals surface area contributed by atoms with Crippen molar-refractivity contribution >= 4 is 24.8 Å². The maximum Gasteiger partial charge on any atom is 0.247 e. The molecule has 2 rings (SSSR count). The molecule has 0 aliphatic carbocycles. The van der Waals surface area contributed by atoms with Gasteiger partial charge in [0.2, 0.25) is 11.1 Å². The quantitative estimate of drug-likeness (QED) is 0.794. The third kappa shape index (κ3) is 5.74. The molecule has 5 nitrogen and oxygen atoms in total. The smallest absolute Gasteiger partial charge is 0.247 e. The fraction of sp³-hybridized carbons (Fsp3) is 0.167. The summed E-state index contributed by atoms with van der Waals surface area (Å²) in [7, 11) is 0. The Morgan fingerprint density at radius 3 is 1.53 bits per heavy atom. The Balaban J connectivity index is 0.00000162. The van der Waals surface area contributed by atoms with Crippen LogP contribution in [0.25, 0.3) is 0 Å². The SMILES string of the molecule is Cl.Cl.O=c1ccc(CNCc2ccc(=O)[nH]c2)c[nH]1. The molecule has 7 heteroatoms. The second-order valence-electron chi connectivity index (χ2n) is 3.73. The summed E-state index contributed by atoms with van der Waals surface area (Å²) >= 11 is 0. The normalized spacial score (nSPS) is 9.26. The molecule has 0 saturated heterocycles. The van der Waals surface area contributed by atoms with Gasteiger partial charge >= 0.3 is 0 Å². The summed E-state index contributed by atoms with van der Waals surface area (Å²) in [5.74, 6) is 0. The van der Waals surface area contributed by atoms with Crippen LogP contribution in [0.2, 0.25) is 0 Å². The zero-order valence-corrected chi connectivity index (χ0v) is 11.6. The van der Waals surface area contributed by atoms with E-state index in [1.165, 1.54) is 12.1 Å². The lowest BCUT2D eigenvalue weighted by Crippen LogP contribution is -2.15. The van der Waals surface area contributed by atoms with Gasteiger partial charge in [0, 0.05) is 37.6 Å². The summed E-state index contributed by atoms with van der Waals surface area (Å²) in [5.41, 5.74) is 1.81. The zero-order chi connectivity index (χ0) is 12.1. The van der Waals surface area contributed by atoms with Crippen LogP contribution in [0.15, 0.2) is 46.2 Å². The minimum absolute atomic E-state index is 0. The predicted molar refractivity (Wildman–Crippen MR) is 79.2 cm³/mol. The largest absolute Gasteiger partial charge is 0.329 e. The van der Waals surface area contributed by atoms with E-state index in [1.807, 2.05) is 0 Å². The van der Waals surface area contributed by atoms with Gasteiger partial charge in [-0.2, -0.15) is 0 Å². The molecule has 0 aliphatic rings. The molecule has 0 amide bonds. The van der Waals surface area contributed by atoms with Gasteiger partial charge in [0.25, 0.3) is 0 Å². The first-order valence-electron chi connectivity index (χ1n) is 5.30. The molecule has 3 N–H and O–H groups in total. The Bertz CT molecular complexity index is 516. The average Bonchev–Trinajstić information content (AvgIpc) is 2.34. The number of aromatic nitrogens is 2. The van der Waals surface area contributed by atoms with E-state index in [4.69, 9.17) is 0 Å². The van der Waals surface area contributed by atoms with Crippen LogP contribution in [0.3, 0.4) is 0 Å². The summed E-state index contributed by atoms with van der Waals surface area (Å²) in [5, 5.41) is 3.21. The van der Waals surface area contributed by atoms with Crippen LogP contribution in [-0.4, -0.2) is 9.97 Å². The fourth-order valence-corrected chi connectivity index (χ4v) is 1.46. The molecule has 0 spiro atoms. The lowest BCUT2D eigenvalue weighted by Gasteiger charge is -2.04. The molecule has 0 aliphatic heterocycles. The summed E-state index contributed by atoms with van der Waals surface area (Å²) < 4.78 is 0. The van der Waals surface area contributed by atoms with Gasteiger partial charge in [0.05, 0.1) is 0 Å². The lowest BCUT2D eigenvalue weighted by atomic mass is 10.2. The molecular weight excluding hydrogens is 289 g/mol. The number of hydrogen-bond donors (Lipinski definition) is 3. The molecule has 0 aromatic carbocycles. The van der Waals surface area contributed by atoms with E-state index in [1.54, 1.807) is 24.5 Å². The third-order valence-electron chi connectivity index (χ3n) is 2.36. The Kier molecular flexibility index (Phi) is 7.83. The Morgan fingerprint density at radius 2 is 1.21 bits per heavy atom. The number of aromatic amines is 2. The molecule has 19 heavy (non-hydrogen) atoms. The van der Waals surface area contributed by atoms with Crippen molar-refractivity contribution in [2.45, 2.75) is 13.1 Å². The van der Waals surface area contributed by atoms with Crippen LogP contribution in [-0.2, 0) is 13.1 Å². The van der Waals surface area contributed by atoms with Gasteiger partial charge in [0.15, 0.2) is 0 Å². The number of hydrogen-bond acceptors (Lipinski definition) is 3. The summed E-state index contributed by atoms with van der Waals surface area (Å²) in [6.07, 6.45) is 3.37. The van der Waals surface area contributed by atoms with E-state index >= 15 is 0 Å². The minimum Gasteiger partial charge on any atom is -0.329 e.